The number of benzene rings is 1. The molecule has 7 nitrogen and oxygen atoms in total. The van der Waals surface area contributed by atoms with Crippen LogP contribution in [0.25, 0.3) is 11.4 Å². The van der Waals surface area contributed by atoms with E-state index < -0.39 is 11.9 Å². The molecule has 0 bridgehead atoms. The standard InChI is InChI=1S/C22H21F3N6O/c1-14-2-4-16(5-3-14)27-21(32)28-17-8-11-31(13-17)19-12-18(22(23,24)25)29-20(30-19)15-6-9-26-10-7-15/h2-7,9-10,12,17H,8,11,13H2,1H3,(H2,27,28,32). The van der Waals surface area contributed by atoms with E-state index in [1.165, 1.54) is 12.4 Å². The second-order valence-corrected chi connectivity index (χ2v) is 7.56. The van der Waals surface area contributed by atoms with Gasteiger partial charge in [-0.3, -0.25) is 4.98 Å². The summed E-state index contributed by atoms with van der Waals surface area (Å²) in [4.78, 5) is 25.9. The first-order valence-electron chi connectivity index (χ1n) is 10.0. The molecule has 1 fully saturated rings. The third-order valence-electron chi connectivity index (χ3n) is 5.10. The summed E-state index contributed by atoms with van der Waals surface area (Å²) < 4.78 is 40.3. The van der Waals surface area contributed by atoms with Gasteiger partial charge < -0.3 is 15.5 Å². The molecule has 10 heteroatoms. The van der Waals surface area contributed by atoms with Gasteiger partial charge in [0.1, 0.15) is 5.82 Å². The van der Waals surface area contributed by atoms with Gasteiger partial charge in [0.2, 0.25) is 0 Å². The summed E-state index contributed by atoms with van der Waals surface area (Å²) in [6.45, 7) is 2.75. The highest BCUT2D eigenvalue weighted by atomic mass is 19.4. The van der Waals surface area contributed by atoms with E-state index in [0.717, 1.165) is 11.6 Å². The van der Waals surface area contributed by atoms with Gasteiger partial charge in [-0.05, 0) is 37.6 Å². The number of urea groups is 1. The van der Waals surface area contributed by atoms with Crippen LogP contribution in [0.15, 0.2) is 54.9 Å². The van der Waals surface area contributed by atoms with Gasteiger partial charge in [-0.15, -0.1) is 0 Å². The zero-order chi connectivity index (χ0) is 22.7. The first-order chi connectivity index (χ1) is 15.3. The number of hydrogen-bond acceptors (Lipinski definition) is 5. The highest BCUT2D eigenvalue weighted by molar-refractivity contribution is 5.89. The Morgan fingerprint density at radius 3 is 2.50 bits per heavy atom. The molecule has 1 saturated heterocycles. The molecule has 2 amide bonds. The SMILES string of the molecule is Cc1ccc(NC(=O)NC2CCN(c3cc(C(F)(F)F)nc(-c4ccncc4)n3)C2)cc1. The topological polar surface area (TPSA) is 83.0 Å². The Kier molecular flexibility index (Phi) is 5.93. The molecular weight excluding hydrogens is 421 g/mol. The lowest BCUT2D eigenvalue weighted by atomic mass is 10.2. The molecule has 0 spiro atoms. The molecule has 0 radical (unpaired) electrons. The van der Waals surface area contributed by atoms with Gasteiger partial charge >= 0.3 is 12.2 Å². The molecular formula is C22H21F3N6O. The van der Waals surface area contributed by atoms with Crippen molar-refractivity contribution in [2.75, 3.05) is 23.3 Å². The van der Waals surface area contributed by atoms with Gasteiger partial charge in [-0.1, -0.05) is 17.7 Å². The van der Waals surface area contributed by atoms with Crippen LogP contribution in [-0.4, -0.2) is 40.1 Å². The Bertz CT molecular complexity index is 1090. The van der Waals surface area contributed by atoms with Crippen LogP contribution < -0.4 is 15.5 Å². The van der Waals surface area contributed by atoms with Crippen molar-refractivity contribution < 1.29 is 18.0 Å². The molecule has 1 aliphatic rings. The maximum atomic E-state index is 13.4. The first kappa shape index (κ1) is 21.5. The number of alkyl halides is 3. The molecule has 4 rings (SSSR count). The summed E-state index contributed by atoms with van der Waals surface area (Å²) in [5.74, 6) is 0.146. The number of carbonyl (C=O) groups excluding carboxylic acids is 1. The molecule has 1 unspecified atom stereocenters. The van der Waals surface area contributed by atoms with E-state index in [9.17, 15) is 18.0 Å². The third-order valence-corrected chi connectivity index (χ3v) is 5.10. The molecule has 3 heterocycles. The maximum absolute atomic E-state index is 13.4. The lowest BCUT2D eigenvalue weighted by Gasteiger charge is -2.20. The van der Waals surface area contributed by atoms with Gasteiger partial charge in [0.05, 0.1) is 0 Å². The first-order valence-corrected chi connectivity index (χ1v) is 10.0. The molecule has 2 N–H and O–H groups in total. The second-order valence-electron chi connectivity index (χ2n) is 7.56. The van der Waals surface area contributed by atoms with Crippen molar-refractivity contribution in [1.29, 1.82) is 0 Å². The van der Waals surface area contributed by atoms with Crippen LogP contribution in [0.2, 0.25) is 0 Å². The summed E-state index contributed by atoms with van der Waals surface area (Å²) in [5.41, 5.74) is 1.17. The van der Waals surface area contributed by atoms with Crippen molar-refractivity contribution in [3.63, 3.8) is 0 Å². The van der Waals surface area contributed by atoms with Crippen LogP contribution in [0.5, 0.6) is 0 Å². The van der Waals surface area contributed by atoms with Crippen molar-refractivity contribution in [3.8, 4) is 11.4 Å². The summed E-state index contributed by atoms with van der Waals surface area (Å²) in [5, 5.41) is 5.63. The third kappa shape index (κ3) is 5.13. The minimum absolute atomic E-state index is 0.0225. The fraction of sp³-hybridized carbons (Fsp3) is 0.273. The van der Waals surface area contributed by atoms with Crippen molar-refractivity contribution in [1.82, 2.24) is 20.3 Å². The van der Waals surface area contributed by atoms with Gasteiger partial charge in [0.25, 0.3) is 0 Å². The normalized spacial score (nSPS) is 16.1. The number of rotatable bonds is 4. The molecule has 0 saturated carbocycles. The largest absolute Gasteiger partial charge is 0.433 e. The number of nitrogens with one attached hydrogen (secondary N) is 2. The van der Waals surface area contributed by atoms with E-state index in [1.807, 2.05) is 19.1 Å². The Balaban J connectivity index is 1.48. The Morgan fingerprint density at radius 1 is 1.09 bits per heavy atom. The van der Waals surface area contributed by atoms with Gasteiger partial charge in [-0.25, -0.2) is 14.8 Å². The van der Waals surface area contributed by atoms with Crippen LogP contribution >= 0.6 is 0 Å². The summed E-state index contributed by atoms with van der Waals surface area (Å²) in [7, 11) is 0. The van der Waals surface area contributed by atoms with Crippen LogP contribution in [0, 0.1) is 6.92 Å². The molecule has 32 heavy (non-hydrogen) atoms. The number of aromatic nitrogens is 3. The van der Waals surface area contributed by atoms with E-state index in [1.54, 1.807) is 29.2 Å². The Morgan fingerprint density at radius 2 is 1.81 bits per heavy atom. The monoisotopic (exact) mass is 442 g/mol. The predicted octanol–water partition coefficient (Wildman–Crippen LogP) is 4.27. The number of aryl methyl sites for hydroxylation is 1. The van der Waals surface area contributed by atoms with E-state index in [2.05, 4.69) is 25.6 Å². The number of amides is 2. The molecule has 1 atom stereocenters. The molecule has 3 aromatic rings. The summed E-state index contributed by atoms with van der Waals surface area (Å²) in [6, 6.07) is 10.9. The highest BCUT2D eigenvalue weighted by Crippen LogP contribution is 2.32. The Labute approximate surface area is 182 Å². The van der Waals surface area contributed by atoms with E-state index in [-0.39, 0.29) is 23.7 Å². The van der Waals surface area contributed by atoms with Crippen LogP contribution in [0.4, 0.5) is 29.5 Å². The predicted molar refractivity (Wildman–Crippen MR) is 114 cm³/mol. The fourth-order valence-corrected chi connectivity index (χ4v) is 3.45. The lowest BCUT2D eigenvalue weighted by Crippen LogP contribution is -2.39. The number of pyridine rings is 1. The number of nitrogens with zero attached hydrogens (tertiary/aromatic N) is 4. The zero-order valence-electron chi connectivity index (χ0n) is 17.2. The average Bonchev–Trinajstić information content (AvgIpc) is 3.23. The molecule has 2 aromatic heterocycles. The number of anilines is 2. The van der Waals surface area contributed by atoms with Crippen LogP contribution in [-0.2, 0) is 6.18 Å². The van der Waals surface area contributed by atoms with Crippen LogP contribution in [0.1, 0.15) is 17.7 Å². The fourth-order valence-electron chi connectivity index (χ4n) is 3.45. The van der Waals surface area contributed by atoms with Crippen molar-refractivity contribution in [2.24, 2.45) is 0 Å². The zero-order valence-corrected chi connectivity index (χ0v) is 17.2. The average molecular weight is 442 g/mol. The number of carbonyl (C=O) groups is 1. The molecule has 0 aliphatic carbocycles. The van der Waals surface area contributed by atoms with Gasteiger partial charge in [0.15, 0.2) is 11.5 Å². The molecule has 1 aliphatic heterocycles. The van der Waals surface area contributed by atoms with E-state index >= 15 is 0 Å². The van der Waals surface area contributed by atoms with Crippen molar-refractivity contribution in [2.45, 2.75) is 25.6 Å². The minimum atomic E-state index is -4.61. The van der Waals surface area contributed by atoms with Crippen LogP contribution in [0.3, 0.4) is 0 Å². The van der Waals surface area contributed by atoms with Gasteiger partial charge in [0, 0.05) is 48.8 Å². The quantitative estimate of drug-likeness (QED) is 0.631. The summed E-state index contributed by atoms with van der Waals surface area (Å²) in [6.07, 6.45) is -1.08. The van der Waals surface area contributed by atoms with Gasteiger partial charge in [-0.2, -0.15) is 13.2 Å². The molecule has 166 valence electrons. The highest BCUT2D eigenvalue weighted by Gasteiger charge is 2.35. The maximum Gasteiger partial charge on any atom is 0.433 e. The number of halogens is 3. The smallest absolute Gasteiger partial charge is 0.354 e. The lowest BCUT2D eigenvalue weighted by molar-refractivity contribution is -0.141. The van der Waals surface area contributed by atoms with Crippen molar-refractivity contribution >= 4 is 17.5 Å². The number of hydrogen-bond donors (Lipinski definition) is 2. The van der Waals surface area contributed by atoms with E-state index in [4.69, 9.17) is 0 Å². The Hall–Kier alpha value is -3.69. The van der Waals surface area contributed by atoms with E-state index in [0.29, 0.717) is 30.8 Å². The molecule has 1 aromatic carbocycles. The van der Waals surface area contributed by atoms with Crippen molar-refractivity contribution in [3.05, 3.63) is 66.1 Å². The minimum Gasteiger partial charge on any atom is -0.354 e. The second kappa shape index (κ2) is 8.81. The summed E-state index contributed by atoms with van der Waals surface area (Å²) >= 11 is 0.